The number of methoxy groups -OCH3 is 2. The van der Waals surface area contributed by atoms with Crippen LogP contribution in [-0.2, 0) is 45.0 Å². The van der Waals surface area contributed by atoms with Crippen LogP contribution in [0.2, 0.25) is 0 Å². The third kappa shape index (κ3) is 16.5. The van der Waals surface area contributed by atoms with Gasteiger partial charge in [0.1, 0.15) is 34.3 Å². The molecule has 8 rings (SSSR count). The molecule has 76 heavy (non-hydrogen) atoms. The molecule has 5 N–H and O–H groups in total. The Morgan fingerprint density at radius 2 is 0.974 bits per heavy atom. The summed E-state index contributed by atoms with van der Waals surface area (Å²) < 4.78 is 87.3. The van der Waals surface area contributed by atoms with Gasteiger partial charge in [0.2, 0.25) is 0 Å². The number of rotatable bonds is 14. The second-order valence-electron chi connectivity index (χ2n) is 15.0. The number of anilines is 2. The molecule has 0 heterocycles. The smallest absolute Gasteiger partial charge is 0.425 e. The maximum absolute atomic E-state index is 11.1. The number of phenolic OH excluding ortho intramolecular Hbond substituents is 2. The van der Waals surface area contributed by atoms with Gasteiger partial charge in [-0.2, -0.15) is 15.3 Å². The van der Waals surface area contributed by atoms with Crippen molar-refractivity contribution in [2.45, 2.75) is 20.1 Å². The number of aryl methyl sites for hydroxylation is 1. The minimum atomic E-state index is -3.11. The first-order chi connectivity index (χ1) is 36.4. The first-order valence-corrected chi connectivity index (χ1v) is 24.4. The van der Waals surface area contributed by atoms with E-state index in [1.54, 1.807) is 66.7 Å². The predicted molar refractivity (Wildman–Crippen MR) is 276 cm³/mol. The van der Waals surface area contributed by atoms with E-state index >= 15 is 0 Å². The molecular weight excluding hydrogens is 1050 g/mol. The van der Waals surface area contributed by atoms with Crippen LogP contribution in [0.4, 0.5) is 56.9 Å². The zero-order chi connectivity index (χ0) is 55.3. The van der Waals surface area contributed by atoms with Gasteiger partial charge in [-0.1, -0.05) is 48.5 Å². The van der Waals surface area contributed by atoms with E-state index < -0.39 is 31.8 Å². The Morgan fingerprint density at radius 1 is 0.447 bits per heavy atom. The Labute approximate surface area is 435 Å². The molecule has 0 aliphatic heterocycles. The van der Waals surface area contributed by atoms with E-state index in [0.717, 1.165) is 27.7 Å². The molecular formula is C49H41N9O15S3. The first kappa shape index (κ1) is 57.4. The van der Waals surface area contributed by atoms with Gasteiger partial charge in [0.25, 0.3) is 0 Å². The van der Waals surface area contributed by atoms with Crippen molar-refractivity contribution in [3.8, 4) is 23.0 Å². The van der Waals surface area contributed by atoms with Crippen molar-refractivity contribution in [1.29, 1.82) is 0 Å². The summed E-state index contributed by atoms with van der Waals surface area (Å²) in [4.78, 5) is 0. The number of aliphatic hydroxyl groups is 2. The van der Waals surface area contributed by atoms with Crippen molar-refractivity contribution in [2.24, 2.45) is 40.9 Å². The van der Waals surface area contributed by atoms with E-state index in [9.17, 15) is 20.4 Å². The summed E-state index contributed by atoms with van der Waals surface area (Å²) >= 11 is 0. The van der Waals surface area contributed by atoms with Crippen LogP contribution in [0.25, 0.3) is 21.5 Å². The summed E-state index contributed by atoms with van der Waals surface area (Å²) in [5.74, 6) is 0.762. The van der Waals surface area contributed by atoms with Crippen LogP contribution in [0.15, 0.2) is 180 Å². The van der Waals surface area contributed by atoms with Crippen LogP contribution in [-0.4, -0.2) is 72.5 Å². The highest BCUT2D eigenvalue weighted by molar-refractivity contribution is 7.59. The van der Waals surface area contributed by atoms with Crippen molar-refractivity contribution in [1.82, 2.24) is 0 Å². The average Bonchev–Trinajstić information content (AvgIpc) is 3.39. The van der Waals surface area contributed by atoms with Gasteiger partial charge in [-0.3, -0.25) is 0 Å². The number of nitrogens with one attached hydrogen (secondary N) is 1. The highest BCUT2D eigenvalue weighted by Crippen LogP contribution is 2.42. The summed E-state index contributed by atoms with van der Waals surface area (Å²) in [5.41, 5.74) is 6.65. The third-order valence-electron chi connectivity index (χ3n) is 10.2. The quantitative estimate of drug-likeness (QED) is 0.0632. The highest BCUT2D eigenvalue weighted by atomic mass is 32.2. The van der Waals surface area contributed by atoms with E-state index in [4.69, 9.17) is 47.4 Å². The number of aliphatic hydroxyl groups excluding tert-OH is 2. The van der Waals surface area contributed by atoms with E-state index in [-0.39, 0.29) is 30.4 Å². The minimum absolute atomic E-state index is 0.0265. The van der Waals surface area contributed by atoms with Gasteiger partial charge < -0.3 is 35.2 Å². The molecule has 0 saturated carbocycles. The van der Waals surface area contributed by atoms with Crippen molar-refractivity contribution in [2.75, 3.05) is 19.5 Å². The van der Waals surface area contributed by atoms with Crippen LogP contribution < -0.4 is 14.8 Å². The van der Waals surface area contributed by atoms with E-state index in [2.05, 4.69) is 46.2 Å². The number of fused-ring (bicyclic) bond motifs is 2. The van der Waals surface area contributed by atoms with Gasteiger partial charge in [-0.15, -0.1) is 63.5 Å². The zero-order valence-electron chi connectivity index (χ0n) is 39.8. The molecule has 0 amide bonds. The molecule has 8 aromatic rings. The van der Waals surface area contributed by atoms with E-state index in [1.807, 2.05) is 79.7 Å². The number of hydrogen-bond acceptors (Lipinski definition) is 24. The molecule has 24 nitrogen and oxygen atoms in total. The second kappa shape index (κ2) is 28.1. The molecule has 0 aliphatic carbocycles. The molecule has 0 spiro atoms. The Balaban J connectivity index is 0.000000806. The SMILES string of the molecule is COc1cc(N=Nc2ccc(N=Nc3cccc4cccc(O)c34)c(CO)c2)c(C)cc1N=Nc1cc(OC)c(N=Nc2ccc3cc(Nc4ccccc4)ccc3c2O)cc1CO.O=S(=O)=O.O=S(=O)=O.O=S(=O)=O. The summed E-state index contributed by atoms with van der Waals surface area (Å²) in [6.45, 7) is 1.15. The maximum atomic E-state index is 11.1. The first-order valence-electron chi connectivity index (χ1n) is 21.4. The molecule has 27 heteroatoms. The van der Waals surface area contributed by atoms with Gasteiger partial charge in [0.05, 0.1) is 61.3 Å². The maximum Gasteiger partial charge on any atom is 0.425 e. The minimum Gasteiger partial charge on any atom is -0.507 e. The number of benzene rings is 8. The van der Waals surface area contributed by atoms with Crippen LogP contribution >= 0.6 is 0 Å². The summed E-state index contributed by atoms with van der Waals surface area (Å²) in [5, 5.41) is 83.3. The lowest BCUT2D eigenvalue weighted by molar-refractivity contribution is 0.282. The van der Waals surface area contributed by atoms with Crippen LogP contribution in [0.5, 0.6) is 23.0 Å². The number of hydrogen-bond donors (Lipinski definition) is 5. The summed E-state index contributed by atoms with van der Waals surface area (Å²) in [6, 6.07) is 41.4. The molecule has 0 atom stereocenters. The number of nitrogens with zero attached hydrogens (tertiary/aromatic N) is 8. The molecule has 0 radical (unpaired) electrons. The van der Waals surface area contributed by atoms with Crippen LogP contribution in [0.1, 0.15) is 16.7 Å². The molecule has 390 valence electrons. The summed E-state index contributed by atoms with van der Waals surface area (Å²) in [6.07, 6.45) is 0. The molecule has 0 bridgehead atoms. The van der Waals surface area contributed by atoms with Gasteiger partial charge in [-0.05, 0) is 102 Å². The molecule has 0 aromatic heterocycles. The Hall–Kier alpha value is -9.54. The monoisotopic (exact) mass is 1090 g/mol. The average molecular weight is 1090 g/mol. The van der Waals surface area contributed by atoms with Crippen molar-refractivity contribution >= 4 is 110 Å². The Kier molecular flexibility index (Phi) is 21.2. The van der Waals surface area contributed by atoms with Gasteiger partial charge in [0.15, 0.2) is 5.75 Å². The fourth-order valence-corrected chi connectivity index (χ4v) is 6.90. The molecule has 0 aliphatic rings. The predicted octanol–water partition coefficient (Wildman–Crippen LogP) is 11.1. The van der Waals surface area contributed by atoms with Crippen LogP contribution in [0, 0.1) is 6.92 Å². The highest BCUT2D eigenvalue weighted by Gasteiger charge is 2.14. The van der Waals surface area contributed by atoms with Gasteiger partial charge in [0, 0.05) is 40.0 Å². The lowest BCUT2D eigenvalue weighted by atomic mass is 10.1. The fourth-order valence-electron chi connectivity index (χ4n) is 6.90. The Morgan fingerprint density at radius 3 is 1.61 bits per heavy atom. The lowest BCUT2D eigenvalue weighted by Gasteiger charge is -2.10. The van der Waals surface area contributed by atoms with Crippen molar-refractivity contribution < 1.29 is 67.8 Å². The van der Waals surface area contributed by atoms with E-state index in [0.29, 0.717) is 73.2 Å². The standard InChI is InChI=1S/C49H41N9O6.3O3S/c1-29-21-43(46(63-2)25-41(29)55-51-36-17-20-38(32(23-36)27-59)52-53-39-13-7-9-30-10-8-14-45(61)48(30)39)57-56-42-26-47(64-3)44(24-33(42)28-60)58-54-40-19-15-31-22-35(16-18-37(31)49(40)62)50-34-11-5-4-6-12-34;3*1-4(2)3/h4-26,50,59-62H,27-28H2,1-3H3;;;. The zero-order valence-corrected chi connectivity index (χ0v) is 42.2. The lowest BCUT2D eigenvalue weighted by Crippen LogP contribution is -1.89. The van der Waals surface area contributed by atoms with E-state index in [1.165, 1.54) is 14.2 Å². The largest absolute Gasteiger partial charge is 0.507 e. The molecule has 0 unspecified atom stereocenters. The van der Waals surface area contributed by atoms with Gasteiger partial charge >= 0.3 is 31.8 Å². The summed E-state index contributed by atoms with van der Waals surface area (Å²) in [7, 11) is -6.35. The number of para-hydroxylation sites is 1. The molecule has 8 aromatic carbocycles. The number of aromatic hydroxyl groups is 2. The number of ether oxygens (including phenoxy) is 2. The number of phenols is 2. The normalized spacial score (nSPS) is 10.9. The fraction of sp³-hybridized carbons (Fsp3) is 0.102. The van der Waals surface area contributed by atoms with Crippen molar-refractivity contribution in [3.63, 3.8) is 0 Å². The topological polar surface area (TPSA) is 364 Å². The second-order valence-corrected chi connectivity index (χ2v) is 16.2. The third-order valence-corrected chi connectivity index (χ3v) is 10.2. The Bertz CT molecular complexity index is 3800. The molecule has 0 saturated heterocycles. The number of azo groups is 4. The van der Waals surface area contributed by atoms with Crippen molar-refractivity contribution in [3.05, 3.63) is 156 Å². The van der Waals surface area contributed by atoms with Gasteiger partial charge in [-0.25, -0.2) is 0 Å². The van der Waals surface area contributed by atoms with Crippen LogP contribution in [0.3, 0.4) is 0 Å². The molecule has 0 fully saturated rings.